The van der Waals surface area contributed by atoms with Crippen molar-refractivity contribution in [3.05, 3.63) is 35.4 Å². The van der Waals surface area contributed by atoms with Crippen LogP contribution >= 0.6 is 0 Å². The summed E-state index contributed by atoms with van der Waals surface area (Å²) in [5.41, 5.74) is 1.83. The van der Waals surface area contributed by atoms with Crippen molar-refractivity contribution < 1.29 is 9.90 Å². The van der Waals surface area contributed by atoms with Gasteiger partial charge in [0, 0.05) is 18.7 Å². The molecule has 4 heteroatoms. The molecule has 0 aliphatic rings. The van der Waals surface area contributed by atoms with Crippen LogP contribution < -0.4 is 10.6 Å². The van der Waals surface area contributed by atoms with Crippen LogP contribution in [-0.2, 0) is 6.42 Å². The van der Waals surface area contributed by atoms with Gasteiger partial charge < -0.3 is 15.7 Å². The van der Waals surface area contributed by atoms with Crippen LogP contribution in [0.25, 0.3) is 0 Å². The predicted molar refractivity (Wildman–Crippen MR) is 81.9 cm³/mol. The van der Waals surface area contributed by atoms with Crippen molar-refractivity contribution >= 4 is 5.91 Å². The lowest BCUT2D eigenvalue weighted by molar-refractivity contribution is 0.0951. The minimum Gasteiger partial charge on any atom is -0.396 e. The van der Waals surface area contributed by atoms with Crippen LogP contribution in [0, 0.1) is 5.92 Å². The molecular weight excluding hydrogens is 252 g/mol. The fourth-order valence-corrected chi connectivity index (χ4v) is 2.06. The number of carbonyl (C=O) groups is 1. The molecule has 0 fully saturated rings. The molecule has 0 heterocycles. The molecule has 1 rings (SSSR count). The van der Waals surface area contributed by atoms with Gasteiger partial charge in [0.15, 0.2) is 0 Å². The van der Waals surface area contributed by atoms with E-state index >= 15 is 0 Å². The lowest BCUT2D eigenvalue weighted by atomic mass is 10.0. The van der Waals surface area contributed by atoms with E-state index in [1.165, 1.54) is 0 Å². The zero-order valence-corrected chi connectivity index (χ0v) is 12.5. The Morgan fingerprint density at radius 1 is 1.30 bits per heavy atom. The topological polar surface area (TPSA) is 61.4 Å². The van der Waals surface area contributed by atoms with Gasteiger partial charge in [-0.2, -0.15) is 0 Å². The van der Waals surface area contributed by atoms with Crippen molar-refractivity contribution in [3.8, 4) is 0 Å². The van der Waals surface area contributed by atoms with E-state index in [1.807, 2.05) is 38.2 Å². The first-order valence-corrected chi connectivity index (χ1v) is 7.30. The first-order valence-electron chi connectivity index (χ1n) is 7.30. The van der Waals surface area contributed by atoms with E-state index in [-0.39, 0.29) is 12.5 Å². The summed E-state index contributed by atoms with van der Waals surface area (Å²) in [5, 5.41) is 15.0. The number of amides is 1. The van der Waals surface area contributed by atoms with Crippen molar-refractivity contribution in [1.29, 1.82) is 0 Å². The Balaban J connectivity index is 2.46. The molecule has 1 amide bonds. The minimum absolute atomic E-state index is 0.00615. The van der Waals surface area contributed by atoms with E-state index in [0.29, 0.717) is 12.5 Å². The van der Waals surface area contributed by atoms with Crippen LogP contribution in [0.15, 0.2) is 24.3 Å². The third-order valence-corrected chi connectivity index (χ3v) is 3.38. The number of rotatable bonds is 9. The second-order valence-corrected chi connectivity index (χ2v) is 5.20. The minimum atomic E-state index is -0.00615. The Labute approximate surface area is 121 Å². The van der Waals surface area contributed by atoms with E-state index in [9.17, 15) is 4.79 Å². The lowest BCUT2D eigenvalue weighted by Gasteiger charge is -2.11. The van der Waals surface area contributed by atoms with Gasteiger partial charge in [-0.1, -0.05) is 25.1 Å². The largest absolute Gasteiger partial charge is 0.396 e. The van der Waals surface area contributed by atoms with Gasteiger partial charge in [0.1, 0.15) is 0 Å². The third kappa shape index (κ3) is 5.72. The fraction of sp³-hybridized carbons (Fsp3) is 0.562. The molecule has 0 aliphatic heterocycles. The Kier molecular flexibility index (Phi) is 7.92. The van der Waals surface area contributed by atoms with Crippen molar-refractivity contribution in [1.82, 2.24) is 10.6 Å². The number of likely N-dealkylation sites (N-methyl/N-ethyl adjacent to an activating group) is 1. The van der Waals surface area contributed by atoms with Crippen LogP contribution in [0.5, 0.6) is 0 Å². The zero-order chi connectivity index (χ0) is 14.8. The highest BCUT2D eigenvalue weighted by Crippen LogP contribution is 2.09. The molecule has 0 aliphatic carbocycles. The summed E-state index contributed by atoms with van der Waals surface area (Å²) >= 11 is 0. The van der Waals surface area contributed by atoms with Gasteiger partial charge >= 0.3 is 0 Å². The Morgan fingerprint density at radius 2 is 2.05 bits per heavy atom. The lowest BCUT2D eigenvalue weighted by Crippen LogP contribution is -2.26. The first-order chi connectivity index (χ1) is 9.69. The molecule has 0 spiro atoms. The summed E-state index contributed by atoms with van der Waals surface area (Å²) in [6, 6.07) is 7.73. The standard InChI is InChI=1S/C16H26N2O2/c1-13(12-19)6-5-10-18-16(20)15-8-4-3-7-14(15)9-11-17-2/h3-4,7-8,13,17,19H,5-6,9-12H2,1-2H3,(H,18,20). The number of nitrogens with one attached hydrogen (secondary N) is 2. The van der Waals surface area contributed by atoms with Crippen molar-refractivity contribution in [2.45, 2.75) is 26.2 Å². The summed E-state index contributed by atoms with van der Waals surface area (Å²) < 4.78 is 0. The zero-order valence-electron chi connectivity index (χ0n) is 12.5. The number of hydrogen-bond acceptors (Lipinski definition) is 3. The quantitative estimate of drug-likeness (QED) is 0.601. The fourth-order valence-electron chi connectivity index (χ4n) is 2.06. The van der Waals surface area contributed by atoms with Crippen molar-refractivity contribution in [2.75, 3.05) is 26.7 Å². The molecule has 20 heavy (non-hydrogen) atoms. The summed E-state index contributed by atoms with van der Waals surface area (Å²) in [6.45, 7) is 3.73. The number of aliphatic hydroxyl groups excluding tert-OH is 1. The molecule has 1 aromatic rings. The van der Waals surface area contributed by atoms with Gasteiger partial charge in [0.25, 0.3) is 5.91 Å². The Morgan fingerprint density at radius 3 is 2.75 bits per heavy atom. The maximum atomic E-state index is 12.2. The average Bonchev–Trinajstić information content (AvgIpc) is 2.49. The number of hydrogen-bond donors (Lipinski definition) is 3. The van der Waals surface area contributed by atoms with Crippen molar-refractivity contribution in [2.24, 2.45) is 5.92 Å². The molecule has 1 unspecified atom stereocenters. The van der Waals surface area contributed by atoms with Crippen LogP contribution in [0.3, 0.4) is 0 Å². The van der Waals surface area contributed by atoms with E-state index in [0.717, 1.165) is 36.9 Å². The first kappa shape index (κ1) is 16.7. The molecule has 112 valence electrons. The Bertz CT molecular complexity index is 407. The van der Waals surface area contributed by atoms with Gasteiger partial charge in [-0.3, -0.25) is 4.79 Å². The maximum Gasteiger partial charge on any atom is 0.251 e. The van der Waals surface area contributed by atoms with Crippen LogP contribution in [-0.4, -0.2) is 37.8 Å². The third-order valence-electron chi connectivity index (χ3n) is 3.38. The van der Waals surface area contributed by atoms with E-state index in [1.54, 1.807) is 0 Å². The maximum absolute atomic E-state index is 12.2. The highest BCUT2D eigenvalue weighted by molar-refractivity contribution is 5.95. The SMILES string of the molecule is CNCCc1ccccc1C(=O)NCCCC(C)CO. The molecule has 0 bridgehead atoms. The molecule has 0 radical (unpaired) electrons. The number of carbonyl (C=O) groups excluding carboxylic acids is 1. The molecule has 0 aromatic heterocycles. The number of benzene rings is 1. The van der Waals surface area contributed by atoms with E-state index < -0.39 is 0 Å². The summed E-state index contributed by atoms with van der Waals surface area (Å²) in [6.07, 6.45) is 2.67. The molecule has 0 saturated carbocycles. The summed E-state index contributed by atoms with van der Waals surface area (Å²) in [7, 11) is 1.91. The number of aliphatic hydroxyl groups is 1. The molecule has 1 aromatic carbocycles. The van der Waals surface area contributed by atoms with Gasteiger partial charge in [0.05, 0.1) is 0 Å². The highest BCUT2D eigenvalue weighted by atomic mass is 16.3. The van der Waals surface area contributed by atoms with E-state index in [2.05, 4.69) is 10.6 Å². The summed E-state index contributed by atoms with van der Waals surface area (Å²) in [4.78, 5) is 12.2. The van der Waals surface area contributed by atoms with E-state index in [4.69, 9.17) is 5.11 Å². The Hall–Kier alpha value is -1.39. The van der Waals surface area contributed by atoms with Crippen LogP contribution in [0.2, 0.25) is 0 Å². The van der Waals surface area contributed by atoms with Crippen LogP contribution in [0.1, 0.15) is 35.7 Å². The van der Waals surface area contributed by atoms with Crippen molar-refractivity contribution in [3.63, 3.8) is 0 Å². The predicted octanol–water partition coefficient (Wildman–Crippen LogP) is 1.59. The molecule has 4 nitrogen and oxygen atoms in total. The summed E-state index contributed by atoms with van der Waals surface area (Å²) in [5.74, 6) is 0.295. The molecular formula is C16H26N2O2. The second-order valence-electron chi connectivity index (χ2n) is 5.20. The van der Waals surface area contributed by atoms with Gasteiger partial charge in [-0.05, 0) is 50.4 Å². The van der Waals surface area contributed by atoms with Gasteiger partial charge in [0.2, 0.25) is 0 Å². The monoisotopic (exact) mass is 278 g/mol. The second kappa shape index (κ2) is 9.50. The smallest absolute Gasteiger partial charge is 0.251 e. The van der Waals surface area contributed by atoms with Gasteiger partial charge in [-0.15, -0.1) is 0 Å². The average molecular weight is 278 g/mol. The van der Waals surface area contributed by atoms with Gasteiger partial charge in [-0.25, -0.2) is 0 Å². The molecule has 0 saturated heterocycles. The normalized spacial score (nSPS) is 12.2. The van der Waals surface area contributed by atoms with Crippen LogP contribution in [0.4, 0.5) is 0 Å². The molecule has 3 N–H and O–H groups in total. The molecule has 1 atom stereocenters. The highest BCUT2D eigenvalue weighted by Gasteiger charge is 2.10.